The predicted octanol–water partition coefficient (Wildman–Crippen LogP) is 3.56. The van der Waals surface area contributed by atoms with Crippen LogP contribution in [0.1, 0.15) is 12.8 Å². The van der Waals surface area contributed by atoms with Gasteiger partial charge in [-0.3, -0.25) is 0 Å². The van der Waals surface area contributed by atoms with E-state index in [-0.39, 0.29) is 0 Å². The molecule has 0 unspecified atom stereocenters. The molecule has 134 valence electrons. The monoisotopic (exact) mass is 342 g/mol. The van der Waals surface area contributed by atoms with Crippen molar-refractivity contribution in [2.75, 3.05) is 40.4 Å². The zero-order valence-corrected chi connectivity index (χ0v) is 14.9. The molecule has 1 heterocycles. The molecule has 0 fully saturated rings. The lowest BCUT2D eigenvalue weighted by Crippen LogP contribution is -2.11. The van der Waals surface area contributed by atoms with Crippen molar-refractivity contribution in [3.05, 3.63) is 36.4 Å². The normalized spacial score (nSPS) is 11.3. The standard InChI is InChI=1S/C20H26N2O3/c1-21-9-3-11-23-15-5-7-17-18-8-6-16(24-12-4-10-22-2)14-20(18)25-19(17)13-15/h5-8,13-14,21-22H,3-4,9-12H2,1-2H3. The van der Waals surface area contributed by atoms with Gasteiger partial charge in [-0.1, -0.05) is 0 Å². The van der Waals surface area contributed by atoms with Gasteiger partial charge in [-0.25, -0.2) is 0 Å². The zero-order chi connectivity index (χ0) is 17.5. The first-order chi connectivity index (χ1) is 12.3. The largest absolute Gasteiger partial charge is 0.493 e. The first kappa shape index (κ1) is 17.6. The van der Waals surface area contributed by atoms with E-state index in [2.05, 4.69) is 22.8 Å². The maximum Gasteiger partial charge on any atom is 0.139 e. The fraction of sp³-hybridized carbons (Fsp3) is 0.400. The van der Waals surface area contributed by atoms with E-state index in [1.807, 2.05) is 38.4 Å². The number of fused-ring (bicyclic) bond motifs is 3. The second kappa shape index (κ2) is 8.74. The highest BCUT2D eigenvalue weighted by molar-refractivity contribution is 6.05. The van der Waals surface area contributed by atoms with Crippen LogP contribution in [-0.2, 0) is 0 Å². The molecule has 0 aliphatic rings. The molecule has 5 nitrogen and oxygen atoms in total. The molecule has 3 aromatic rings. The minimum atomic E-state index is 0.692. The van der Waals surface area contributed by atoms with Gasteiger partial charge in [0, 0.05) is 22.9 Å². The van der Waals surface area contributed by atoms with Gasteiger partial charge in [0.15, 0.2) is 0 Å². The lowest BCUT2D eigenvalue weighted by atomic mass is 10.1. The van der Waals surface area contributed by atoms with Gasteiger partial charge in [-0.2, -0.15) is 0 Å². The lowest BCUT2D eigenvalue weighted by Gasteiger charge is -2.05. The topological polar surface area (TPSA) is 55.7 Å². The van der Waals surface area contributed by atoms with Crippen LogP contribution in [0.3, 0.4) is 0 Å². The van der Waals surface area contributed by atoms with Crippen molar-refractivity contribution in [1.82, 2.24) is 10.6 Å². The van der Waals surface area contributed by atoms with Crippen molar-refractivity contribution in [1.29, 1.82) is 0 Å². The molecule has 0 saturated heterocycles. The van der Waals surface area contributed by atoms with E-state index in [1.54, 1.807) is 0 Å². The average molecular weight is 342 g/mol. The molecule has 5 heteroatoms. The van der Waals surface area contributed by atoms with E-state index in [0.29, 0.717) is 13.2 Å². The maximum absolute atomic E-state index is 6.00. The van der Waals surface area contributed by atoms with Crippen molar-refractivity contribution in [2.24, 2.45) is 0 Å². The first-order valence-corrected chi connectivity index (χ1v) is 8.83. The number of ether oxygens (including phenoxy) is 2. The van der Waals surface area contributed by atoms with Crippen molar-refractivity contribution in [3.63, 3.8) is 0 Å². The summed E-state index contributed by atoms with van der Waals surface area (Å²) in [4.78, 5) is 0. The van der Waals surface area contributed by atoms with Crippen LogP contribution in [0, 0.1) is 0 Å². The van der Waals surface area contributed by atoms with E-state index in [9.17, 15) is 0 Å². The summed E-state index contributed by atoms with van der Waals surface area (Å²) in [5, 5.41) is 8.42. The van der Waals surface area contributed by atoms with E-state index in [4.69, 9.17) is 13.9 Å². The fourth-order valence-corrected chi connectivity index (χ4v) is 2.80. The molecule has 3 rings (SSSR count). The van der Waals surface area contributed by atoms with E-state index >= 15 is 0 Å². The zero-order valence-electron chi connectivity index (χ0n) is 14.9. The van der Waals surface area contributed by atoms with Crippen molar-refractivity contribution in [2.45, 2.75) is 12.8 Å². The summed E-state index contributed by atoms with van der Waals surface area (Å²) in [5.74, 6) is 1.68. The highest BCUT2D eigenvalue weighted by Gasteiger charge is 2.09. The Morgan fingerprint density at radius 1 is 0.760 bits per heavy atom. The van der Waals surface area contributed by atoms with Crippen LogP contribution in [0.4, 0.5) is 0 Å². The smallest absolute Gasteiger partial charge is 0.139 e. The second-order valence-corrected chi connectivity index (χ2v) is 6.03. The van der Waals surface area contributed by atoms with Gasteiger partial charge in [-0.15, -0.1) is 0 Å². The van der Waals surface area contributed by atoms with Gasteiger partial charge in [0.05, 0.1) is 13.2 Å². The third-order valence-electron chi connectivity index (χ3n) is 4.10. The van der Waals surface area contributed by atoms with E-state index in [1.165, 1.54) is 0 Å². The molecule has 0 saturated carbocycles. The number of rotatable bonds is 10. The summed E-state index contributed by atoms with van der Waals surface area (Å²) in [5.41, 5.74) is 1.68. The highest BCUT2D eigenvalue weighted by Crippen LogP contribution is 2.33. The van der Waals surface area contributed by atoms with Crippen LogP contribution < -0.4 is 20.1 Å². The van der Waals surface area contributed by atoms with Crippen LogP contribution in [0.5, 0.6) is 11.5 Å². The Balaban J connectivity index is 1.73. The van der Waals surface area contributed by atoms with Crippen LogP contribution in [0.2, 0.25) is 0 Å². The number of hydrogen-bond acceptors (Lipinski definition) is 5. The van der Waals surface area contributed by atoms with Gasteiger partial charge in [0.25, 0.3) is 0 Å². The van der Waals surface area contributed by atoms with Gasteiger partial charge in [0.1, 0.15) is 22.7 Å². The molecule has 1 aromatic heterocycles. The van der Waals surface area contributed by atoms with Crippen LogP contribution in [0.15, 0.2) is 40.8 Å². The fourth-order valence-electron chi connectivity index (χ4n) is 2.80. The summed E-state index contributed by atoms with van der Waals surface area (Å²) in [6.45, 7) is 3.28. The Labute approximate surface area is 148 Å². The second-order valence-electron chi connectivity index (χ2n) is 6.03. The number of furan rings is 1. The number of nitrogens with one attached hydrogen (secondary N) is 2. The molecular formula is C20H26N2O3. The Kier molecular flexibility index (Phi) is 6.14. The van der Waals surface area contributed by atoms with Gasteiger partial charge < -0.3 is 24.5 Å². The first-order valence-electron chi connectivity index (χ1n) is 8.83. The summed E-state index contributed by atoms with van der Waals surface area (Å²) in [6, 6.07) is 12.0. The molecular weight excluding hydrogens is 316 g/mol. The third kappa shape index (κ3) is 4.44. The molecule has 0 atom stereocenters. The molecule has 0 radical (unpaired) electrons. The van der Waals surface area contributed by atoms with Gasteiger partial charge in [0.2, 0.25) is 0 Å². The van der Waals surface area contributed by atoms with E-state index in [0.717, 1.165) is 59.4 Å². The Hall–Kier alpha value is -2.24. The van der Waals surface area contributed by atoms with Gasteiger partial charge >= 0.3 is 0 Å². The van der Waals surface area contributed by atoms with Crippen molar-refractivity contribution < 1.29 is 13.9 Å². The lowest BCUT2D eigenvalue weighted by molar-refractivity contribution is 0.309. The minimum Gasteiger partial charge on any atom is -0.493 e. The molecule has 0 spiro atoms. The molecule has 0 bridgehead atoms. The van der Waals surface area contributed by atoms with Crippen molar-refractivity contribution >= 4 is 21.9 Å². The summed E-state index contributed by atoms with van der Waals surface area (Å²) in [7, 11) is 3.89. The summed E-state index contributed by atoms with van der Waals surface area (Å²) >= 11 is 0. The molecule has 0 amide bonds. The SMILES string of the molecule is CNCCCOc1ccc2c(c1)oc1cc(OCCCNC)ccc12. The molecule has 2 aromatic carbocycles. The quantitative estimate of drug-likeness (QED) is 0.552. The number of hydrogen-bond donors (Lipinski definition) is 2. The van der Waals surface area contributed by atoms with Gasteiger partial charge in [-0.05, 0) is 64.3 Å². The van der Waals surface area contributed by atoms with Crippen molar-refractivity contribution in [3.8, 4) is 11.5 Å². The molecule has 0 aliphatic heterocycles. The van der Waals surface area contributed by atoms with Crippen LogP contribution >= 0.6 is 0 Å². The molecule has 2 N–H and O–H groups in total. The Morgan fingerprint density at radius 3 is 1.68 bits per heavy atom. The van der Waals surface area contributed by atoms with Crippen LogP contribution in [-0.4, -0.2) is 40.4 Å². The highest BCUT2D eigenvalue weighted by atomic mass is 16.5. The molecule has 0 aliphatic carbocycles. The third-order valence-corrected chi connectivity index (χ3v) is 4.10. The van der Waals surface area contributed by atoms with E-state index < -0.39 is 0 Å². The predicted molar refractivity (Wildman–Crippen MR) is 102 cm³/mol. The Bertz CT molecular complexity index is 747. The Morgan fingerprint density at radius 2 is 1.24 bits per heavy atom. The average Bonchev–Trinajstić information content (AvgIpc) is 2.99. The minimum absolute atomic E-state index is 0.692. The summed E-state index contributed by atoms with van der Waals surface area (Å²) < 4.78 is 17.6. The summed E-state index contributed by atoms with van der Waals surface area (Å²) in [6.07, 6.45) is 1.95. The molecule has 25 heavy (non-hydrogen) atoms. The maximum atomic E-state index is 6.00. The number of benzene rings is 2. The van der Waals surface area contributed by atoms with Crippen LogP contribution in [0.25, 0.3) is 21.9 Å².